The number of aryl methyl sites for hydroxylation is 1. The summed E-state index contributed by atoms with van der Waals surface area (Å²) in [5.41, 5.74) is 1.51. The van der Waals surface area contributed by atoms with Gasteiger partial charge < -0.3 is 9.47 Å². The van der Waals surface area contributed by atoms with E-state index in [1.807, 2.05) is 13.0 Å². The Bertz CT molecular complexity index is 623. The molecule has 2 aromatic rings. The zero-order valence-electron chi connectivity index (χ0n) is 11.2. The molecule has 2 heterocycles. The Morgan fingerprint density at radius 1 is 1.35 bits per heavy atom. The van der Waals surface area contributed by atoms with Crippen LogP contribution in [0.4, 0.5) is 0 Å². The van der Waals surface area contributed by atoms with Gasteiger partial charge in [0.1, 0.15) is 12.2 Å². The van der Waals surface area contributed by atoms with Crippen molar-refractivity contribution in [3.63, 3.8) is 0 Å². The highest BCUT2D eigenvalue weighted by molar-refractivity contribution is 5.98. The summed E-state index contributed by atoms with van der Waals surface area (Å²) in [7, 11) is 0. The number of benzene rings is 1. The standard InChI is InChI=1S/C14H15N3O3/c1-9-5-10(11(18)7-13-15-8-16-17-13)6-12-14(9)20-4-2-3-19-12/h5-6,8H,2-4,7H2,1H3,(H,15,16,17). The summed E-state index contributed by atoms with van der Waals surface area (Å²) in [6.07, 6.45) is 2.43. The molecule has 0 amide bonds. The Kier molecular flexibility index (Phi) is 3.37. The molecule has 6 heteroatoms. The van der Waals surface area contributed by atoms with E-state index in [4.69, 9.17) is 9.47 Å². The van der Waals surface area contributed by atoms with Crippen molar-refractivity contribution in [1.29, 1.82) is 0 Å². The monoisotopic (exact) mass is 273 g/mol. The fraction of sp³-hybridized carbons (Fsp3) is 0.357. The van der Waals surface area contributed by atoms with Gasteiger partial charge in [-0.15, -0.1) is 0 Å². The second kappa shape index (κ2) is 5.32. The lowest BCUT2D eigenvalue weighted by Gasteiger charge is -2.12. The fourth-order valence-corrected chi connectivity index (χ4v) is 2.18. The van der Waals surface area contributed by atoms with Crippen molar-refractivity contribution in [2.75, 3.05) is 13.2 Å². The van der Waals surface area contributed by atoms with E-state index in [1.54, 1.807) is 6.07 Å². The number of fused-ring (bicyclic) bond motifs is 1. The van der Waals surface area contributed by atoms with Crippen LogP contribution in [-0.4, -0.2) is 34.2 Å². The van der Waals surface area contributed by atoms with Crippen molar-refractivity contribution in [2.24, 2.45) is 0 Å². The average molecular weight is 273 g/mol. The van der Waals surface area contributed by atoms with Gasteiger partial charge in [0.25, 0.3) is 0 Å². The zero-order valence-corrected chi connectivity index (χ0v) is 11.2. The minimum atomic E-state index is -0.0273. The van der Waals surface area contributed by atoms with Crippen LogP contribution in [0.5, 0.6) is 11.5 Å². The van der Waals surface area contributed by atoms with Gasteiger partial charge in [0.2, 0.25) is 0 Å². The molecule has 104 valence electrons. The van der Waals surface area contributed by atoms with Gasteiger partial charge in [-0.1, -0.05) is 0 Å². The molecule has 0 aliphatic carbocycles. The Morgan fingerprint density at radius 3 is 3.00 bits per heavy atom. The number of rotatable bonds is 3. The first-order chi connectivity index (χ1) is 9.74. The first-order valence-electron chi connectivity index (χ1n) is 6.52. The zero-order chi connectivity index (χ0) is 13.9. The fourth-order valence-electron chi connectivity index (χ4n) is 2.18. The van der Waals surface area contributed by atoms with Crippen molar-refractivity contribution in [1.82, 2.24) is 15.2 Å². The molecule has 1 aliphatic heterocycles. The molecule has 0 spiro atoms. The number of ketones is 1. The number of H-pyrrole nitrogens is 1. The second-order valence-corrected chi connectivity index (χ2v) is 4.70. The minimum Gasteiger partial charge on any atom is -0.490 e. The van der Waals surface area contributed by atoms with E-state index in [-0.39, 0.29) is 12.2 Å². The summed E-state index contributed by atoms with van der Waals surface area (Å²) in [4.78, 5) is 16.2. The SMILES string of the molecule is Cc1cc(C(=O)Cc2ncn[nH]2)cc2c1OCCCO2. The summed E-state index contributed by atoms with van der Waals surface area (Å²) in [6, 6.07) is 3.57. The number of nitrogens with zero attached hydrogens (tertiary/aromatic N) is 2. The molecule has 1 aromatic heterocycles. The number of hydrogen-bond donors (Lipinski definition) is 1. The molecule has 0 fully saturated rings. The van der Waals surface area contributed by atoms with Gasteiger partial charge in [-0.05, 0) is 24.6 Å². The topological polar surface area (TPSA) is 77.1 Å². The molecule has 0 unspecified atom stereocenters. The summed E-state index contributed by atoms with van der Waals surface area (Å²) in [5, 5.41) is 6.42. The molecule has 0 bridgehead atoms. The van der Waals surface area contributed by atoms with Crippen LogP contribution in [0.3, 0.4) is 0 Å². The molecule has 0 saturated carbocycles. The van der Waals surface area contributed by atoms with Crippen molar-refractivity contribution < 1.29 is 14.3 Å². The van der Waals surface area contributed by atoms with Gasteiger partial charge in [0.05, 0.1) is 19.6 Å². The first-order valence-corrected chi connectivity index (χ1v) is 6.52. The third-order valence-corrected chi connectivity index (χ3v) is 3.15. The van der Waals surface area contributed by atoms with Crippen molar-refractivity contribution in [3.8, 4) is 11.5 Å². The molecule has 20 heavy (non-hydrogen) atoms. The van der Waals surface area contributed by atoms with E-state index in [1.165, 1.54) is 6.33 Å². The maximum absolute atomic E-state index is 12.3. The highest BCUT2D eigenvalue weighted by Gasteiger charge is 2.18. The van der Waals surface area contributed by atoms with Crippen molar-refractivity contribution in [2.45, 2.75) is 19.8 Å². The minimum absolute atomic E-state index is 0.0273. The van der Waals surface area contributed by atoms with Gasteiger partial charge in [-0.25, -0.2) is 4.98 Å². The molecule has 3 rings (SSSR count). The number of aromatic amines is 1. The van der Waals surface area contributed by atoms with Crippen LogP contribution in [0.25, 0.3) is 0 Å². The molecule has 0 saturated heterocycles. The van der Waals surface area contributed by atoms with Gasteiger partial charge in [0, 0.05) is 12.0 Å². The number of Topliss-reactive ketones (excluding diaryl/α,β-unsaturated/α-hetero) is 1. The maximum Gasteiger partial charge on any atom is 0.170 e. The van der Waals surface area contributed by atoms with Crippen LogP contribution in [0, 0.1) is 6.92 Å². The van der Waals surface area contributed by atoms with E-state index in [0.717, 1.165) is 17.7 Å². The molecular weight excluding hydrogens is 258 g/mol. The van der Waals surface area contributed by atoms with Crippen LogP contribution in [0.15, 0.2) is 18.5 Å². The van der Waals surface area contributed by atoms with E-state index >= 15 is 0 Å². The first kappa shape index (κ1) is 12.7. The predicted octanol–water partition coefficient (Wildman–Crippen LogP) is 1.70. The molecule has 6 nitrogen and oxygen atoms in total. The summed E-state index contributed by atoms with van der Waals surface area (Å²) in [6.45, 7) is 3.16. The predicted molar refractivity (Wildman–Crippen MR) is 71.2 cm³/mol. The van der Waals surface area contributed by atoms with E-state index in [9.17, 15) is 4.79 Å². The van der Waals surface area contributed by atoms with Gasteiger partial charge >= 0.3 is 0 Å². The van der Waals surface area contributed by atoms with Crippen molar-refractivity contribution in [3.05, 3.63) is 35.4 Å². The third-order valence-electron chi connectivity index (χ3n) is 3.15. The van der Waals surface area contributed by atoms with Crippen LogP contribution < -0.4 is 9.47 Å². The second-order valence-electron chi connectivity index (χ2n) is 4.70. The number of hydrogen-bond acceptors (Lipinski definition) is 5. The Balaban J connectivity index is 1.88. The Labute approximate surface area is 116 Å². The Morgan fingerprint density at radius 2 is 2.20 bits per heavy atom. The van der Waals surface area contributed by atoms with Crippen LogP contribution in [0.1, 0.15) is 28.2 Å². The summed E-state index contributed by atoms with van der Waals surface area (Å²) < 4.78 is 11.3. The van der Waals surface area contributed by atoms with E-state index < -0.39 is 0 Å². The maximum atomic E-state index is 12.3. The van der Waals surface area contributed by atoms with Crippen LogP contribution in [-0.2, 0) is 6.42 Å². The molecule has 1 aromatic carbocycles. The number of carbonyl (C=O) groups is 1. The third kappa shape index (κ3) is 2.49. The van der Waals surface area contributed by atoms with Crippen molar-refractivity contribution >= 4 is 5.78 Å². The number of nitrogens with one attached hydrogen (secondary N) is 1. The quantitative estimate of drug-likeness (QED) is 0.861. The van der Waals surface area contributed by atoms with E-state index in [0.29, 0.717) is 30.4 Å². The van der Waals surface area contributed by atoms with Crippen LogP contribution >= 0.6 is 0 Å². The lowest BCUT2D eigenvalue weighted by atomic mass is 10.0. The lowest BCUT2D eigenvalue weighted by Crippen LogP contribution is -2.06. The average Bonchev–Trinajstić information content (AvgIpc) is 2.81. The number of carbonyl (C=O) groups excluding carboxylic acids is 1. The summed E-state index contributed by atoms with van der Waals surface area (Å²) in [5.74, 6) is 1.90. The highest BCUT2D eigenvalue weighted by Crippen LogP contribution is 2.34. The van der Waals surface area contributed by atoms with Gasteiger partial charge in [0.15, 0.2) is 17.3 Å². The number of ether oxygens (including phenoxy) is 2. The van der Waals surface area contributed by atoms with Gasteiger partial charge in [-0.2, -0.15) is 5.10 Å². The van der Waals surface area contributed by atoms with Crippen LogP contribution in [0.2, 0.25) is 0 Å². The van der Waals surface area contributed by atoms with Gasteiger partial charge in [-0.3, -0.25) is 9.89 Å². The highest BCUT2D eigenvalue weighted by atomic mass is 16.5. The largest absolute Gasteiger partial charge is 0.490 e. The molecule has 1 N–H and O–H groups in total. The number of aromatic nitrogens is 3. The van der Waals surface area contributed by atoms with E-state index in [2.05, 4.69) is 15.2 Å². The molecular formula is C14H15N3O3. The normalized spacial score (nSPS) is 13.8. The smallest absolute Gasteiger partial charge is 0.170 e. The molecule has 0 atom stereocenters. The molecule has 1 aliphatic rings. The summed E-state index contributed by atoms with van der Waals surface area (Å²) >= 11 is 0. The Hall–Kier alpha value is -2.37. The lowest BCUT2D eigenvalue weighted by molar-refractivity contribution is 0.0990. The molecule has 0 radical (unpaired) electrons.